The number of carbonyl (C=O) groups excluding carboxylic acids is 2. The lowest BCUT2D eigenvalue weighted by Gasteiger charge is -2.23. The van der Waals surface area contributed by atoms with Gasteiger partial charge in [-0.3, -0.25) is 4.79 Å². The van der Waals surface area contributed by atoms with Gasteiger partial charge in [0, 0.05) is 13.1 Å². The second kappa shape index (κ2) is 7.21. The zero-order chi connectivity index (χ0) is 17.9. The van der Waals surface area contributed by atoms with Crippen molar-refractivity contribution in [3.63, 3.8) is 0 Å². The van der Waals surface area contributed by atoms with Gasteiger partial charge in [0.1, 0.15) is 5.75 Å². The molecule has 7 nitrogen and oxygen atoms in total. The Kier molecular flexibility index (Phi) is 5.48. The van der Waals surface area contributed by atoms with E-state index in [-0.39, 0.29) is 30.1 Å². The van der Waals surface area contributed by atoms with Gasteiger partial charge in [-0.05, 0) is 31.0 Å². The molecule has 132 valence electrons. The molecule has 0 radical (unpaired) electrons. The molecule has 0 aliphatic carbocycles. The zero-order valence-corrected chi connectivity index (χ0v) is 14.8. The number of sulfone groups is 1. The van der Waals surface area contributed by atoms with Crippen LogP contribution in [-0.4, -0.2) is 63.5 Å². The number of amides is 1. The first-order valence-electron chi connectivity index (χ1n) is 7.51. The predicted molar refractivity (Wildman–Crippen MR) is 87.8 cm³/mol. The molecule has 1 saturated heterocycles. The predicted octanol–water partition coefficient (Wildman–Crippen LogP) is 0.806. The minimum atomic E-state index is -3.05. The van der Waals surface area contributed by atoms with Crippen molar-refractivity contribution in [3.05, 3.63) is 29.3 Å². The lowest BCUT2D eigenvalue weighted by molar-refractivity contribution is -0.133. The molecule has 8 heteroatoms. The molecule has 1 unspecified atom stereocenters. The van der Waals surface area contributed by atoms with Gasteiger partial charge in [-0.2, -0.15) is 0 Å². The van der Waals surface area contributed by atoms with Crippen LogP contribution >= 0.6 is 0 Å². The van der Waals surface area contributed by atoms with E-state index >= 15 is 0 Å². The van der Waals surface area contributed by atoms with Crippen LogP contribution in [0.3, 0.4) is 0 Å². The Morgan fingerprint density at radius 2 is 2.04 bits per heavy atom. The van der Waals surface area contributed by atoms with Crippen LogP contribution in [-0.2, 0) is 19.4 Å². The maximum Gasteiger partial charge on any atom is 0.337 e. The number of aryl methyl sites for hydroxylation is 1. The van der Waals surface area contributed by atoms with E-state index in [0.29, 0.717) is 17.7 Å². The Bertz CT molecular complexity index is 743. The standard InChI is InChI=1S/C16H21NO6S/c1-11-4-5-12(16(19)22-3)8-14(11)23-9-15(18)17(2)13-6-7-24(20,21)10-13/h4-5,8,13H,6-7,9-10H2,1-3H3. The molecule has 0 saturated carbocycles. The normalized spacial score (nSPS) is 18.9. The van der Waals surface area contributed by atoms with E-state index in [1.54, 1.807) is 26.1 Å². The molecule has 1 heterocycles. The van der Waals surface area contributed by atoms with E-state index in [0.717, 1.165) is 5.56 Å². The number of methoxy groups -OCH3 is 1. The van der Waals surface area contributed by atoms with Crippen LogP contribution in [0.15, 0.2) is 18.2 Å². The Labute approximate surface area is 141 Å². The average Bonchev–Trinajstić information content (AvgIpc) is 2.92. The molecule has 1 atom stereocenters. The van der Waals surface area contributed by atoms with Crippen LogP contribution in [0.25, 0.3) is 0 Å². The second-order valence-electron chi connectivity index (χ2n) is 5.82. The fourth-order valence-corrected chi connectivity index (χ4v) is 4.30. The van der Waals surface area contributed by atoms with Crippen molar-refractivity contribution in [2.45, 2.75) is 19.4 Å². The van der Waals surface area contributed by atoms with Gasteiger partial charge in [0.2, 0.25) is 0 Å². The van der Waals surface area contributed by atoms with Crippen molar-refractivity contribution in [2.24, 2.45) is 0 Å². The van der Waals surface area contributed by atoms with E-state index in [1.165, 1.54) is 18.1 Å². The third-order valence-electron chi connectivity index (χ3n) is 4.11. The van der Waals surface area contributed by atoms with Gasteiger partial charge >= 0.3 is 5.97 Å². The van der Waals surface area contributed by atoms with Gasteiger partial charge in [0.15, 0.2) is 16.4 Å². The second-order valence-corrected chi connectivity index (χ2v) is 8.05. The summed E-state index contributed by atoms with van der Waals surface area (Å²) in [5.74, 6) is -0.277. The highest BCUT2D eigenvalue weighted by Crippen LogP contribution is 2.21. The number of hydrogen-bond acceptors (Lipinski definition) is 6. The lowest BCUT2D eigenvalue weighted by atomic mass is 10.1. The number of carbonyl (C=O) groups is 2. The van der Waals surface area contributed by atoms with Crippen molar-refractivity contribution in [1.82, 2.24) is 4.90 Å². The minimum absolute atomic E-state index is 0.00784. The first-order valence-corrected chi connectivity index (χ1v) is 9.33. The monoisotopic (exact) mass is 355 g/mol. The van der Waals surface area contributed by atoms with E-state index in [9.17, 15) is 18.0 Å². The maximum atomic E-state index is 12.2. The summed E-state index contributed by atoms with van der Waals surface area (Å²) in [6.07, 6.45) is 0.446. The molecular weight excluding hydrogens is 334 g/mol. The van der Waals surface area contributed by atoms with Crippen LogP contribution in [0.4, 0.5) is 0 Å². The fourth-order valence-electron chi connectivity index (χ4n) is 2.53. The number of benzene rings is 1. The first kappa shape index (κ1) is 18.3. The summed E-state index contributed by atoms with van der Waals surface area (Å²) in [6.45, 7) is 1.58. The minimum Gasteiger partial charge on any atom is -0.483 e. The van der Waals surface area contributed by atoms with E-state index in [4.69, 9.17) is 4.74 Å². The summed E-state index contributed by atoms with van der Waals surface area (Å²) in [5.41, 5.74) is 1.11. The van der Waals surface area contributed by atoms with Crippen molar-refractivity contribution >= 4 is 21.7 Å². The van der Waals surface area contributed by atoms with E-state index in [1.807, 2.05) is 0 Å². The smallest absolute Gasteiger partial charge is 0.337 e. The van der Waals surface area contributed by atoms with Crippen molar-refractivity contribution in [1.29, 1.82) is 0 Å². The van der Waals surface area contributed by atoms with Crippen LogP contribution in [0, 0.1) is 6.92 Å². The molecule has 1 aromatic carbocycles. The molecule has 0 bridgehead atoms. The molecular formula is C16H21NO6S. The van der Waals surface area contributed by atoms with Crippen LogP contribution in [0.2, 0.25) is 0 Å². The average molecular weight is 355 g/mol. The zero-order valence-electron chi connectivity index (χ0n) is 13.9. The Hall–Kier alpha value is -2.09. The van der Waals surface area contributed by atoms with E-state index in [2.05, 4.69) is 4.74 Å². The number of rotatable bonds is 5. The largest absolute Gasteiger partial charge is 0.483 e. The highest BCUT2D eigenvalue weighted by molar-refractivity contribution is 7.91. The van der Waals surface area contributed by atoms with Gasteiger partial charge in [-0.25, -0.2) is 13.2 Å². The SMILES string of the molecule is COC(=O)c1ccc(C)c(OCC(=O)N(C)C2CCS(=O)(=O)C2)c1. The Balaban J connectivity index is 2.00. The lowest BCUT2D eigenvalue weighted by Crippen LogP contribution is -2.40. The number of likely N-dealkylation sites (N-methyl/N-ethyl adjacent to an activating group) is 1. The molecule has 2 rings (SSSR count). The molecule has 24 heavy (non-hydrogen) atoms. The summed E-state index contributed by atoms with van der Waals surface area (Å²) in [6, 6.07) is 4.53. The molecule has 1 aromatic rings. The summed E-state index contributed by atoms with van der Waals surface area (Å²) in [7, 11) is -0.185. The summed E-state index contributed by atoms with van der Waals surface area (Å²) in [4.78, 5) is 25.2. The van der Waals surface area contributed by atoms with Crippen LogP contribution in [0.5, 0.6) is 5.75 Å². The molecule has 0 aromatic heterocycles. The molecule has 0 spiro atoms. The van der Waals surface area contributed by atoms with Gasteiger partial charge in [-0.1, -0.05) is 6.07 Å². The third-order valence-corrected chi connectivity index (χ3v) is 5.86. The Morgan fingerprint density at radius 1 is 1.33 bits per heavy atom. The Morgan fingerprint density at radius 3 is 2.62 bits per heavy atom. The van der Waals surface area contributed by atoms with E-state index < -0.39 is 15.8 Å². The molecule has 1 aliphatic rings. The van der Waals surface area contributed by atoms with Crippen LogP contribution in [0.1, 0.15) is 22.3 Å². The topological polar surface area (TPSA) is 90.0 Å². The van der Waals surface area contributed by atoms with Crippen molar-refractivity contribution in [2.75, 3.05) is 32.3 Å². The van der Waals surface area contributed by atoms with Gasteiger partial charge in [0.25, 0.3) is 5.91 Å². The maximum absolute atomic E-state index is 12.2. The van der Waals surface area contributed by atoms with Crippen molar-refractivity contribution in [3.8, 4) is 5.75 Å². The summed E-state index contributed by atoms with van der Waals surface area (Å²) in [5, 5.41) is 0. The van der Waals surface area contributed by atoms with Crippen molar-refractivity contribution < 1.29 is 27.5 Å². The highest BCUT2D eigenvalue weighted by atomic mass is 32.2. The molecule has 1 aliphatic heterocycles. The third kappa shape index (κ3) is 4.25. The quantitative estimate of drug-likeness (QED) is 0.726. The van der Waals surface area contributed by atoms with Crippen LogP contribution < -0.4 is 4.74 Å². The fraction of sp³-hybridized carbons (Fsp3) is 0.500. The number of hydrogen-bond donors (Lipinski definition) is 0. The number of esters is 1. The molecule has 0 N–H and O–H groups in total. The molecule has 1 amide bonds. The van der Waals surface area contributed by atoms with Gasteiger partial charge in [0.05, 0.1) is 24.2 Å². The number of ether oxygens (including phenoxy) is 2. The molecule has 1 fully saturated rings. The highest BCUT2D eigenvalue weighted by Gasteiger charge is 2.32. The van der Waals surface area contributed by atoms with Gasteiger partial charge in [-0.15, -0.1) is 0 Å². The summed E-state index contributed by atoms with van der Waals surface area (Å²) >= 11 is 0. The first-order chi connectivity index (χ1) is 11.2. The number of nitrogens with zero attached hydrogens (tertiary/aromatic N) is 1. The van der Waals surface area contributed by atoms with Gasteiger partial charge < -0.3 is 14.4 Å². The summed E-state index contributed by atoms with van der Waals surface area (Å²) < 4.78 is 33.2.